The summed E-state index contributed by atoms with van der Waals surface area (Å²) in [6, 6.07) is 0.167. The van der Waals surface area contributed by atoms with Crippen LogP contribution < -0.4 is 5.73 Å². The van der Waals surface area contributed by atoms with Crippen LogP contribution in [-0.4, -0.2) is 32.0 Å². The fourth-order valence-corrected chi connectivity index (χ4v) is 1.64. The first kappa shape index (κ1) is 15.9. The van der Waals surface area contributed by atoms with Crippen molar-refractivity contribution in [2.45, 2.75) is 59.1 Å². The third-order valence-electron chi connectivity index (χ3n) is 2.51. The molecular weight excluding hydrogens is 202 g/mol. The second kappa shape index (κ2) is 10.1. The first-order valence-electron chi connectivity index (χ1n) is 6.56. The van der Waals surface area contributed by atoms with Crippen LogP contribution in [0.1, 0.15) is 47.0 Å². The van der Waals surface area contributed by atoms with E-state index in [1.165, 1.54) is 0 Å². The molecule has 3 heteroatoms. The van der Waals surface area contributed by atoms with Gasteiger partial charge in [-0.3, -0.25) is 0 Å². The predicted octanol–water partition coefficient (Wildman–Crippen LogP) is 2.58. The highest BCUT2D eigenvalue weighted by Crippen LogP contribution is 2.07. The van der Waals surface area contributed by atoms with E-state index in [1.807, 2.05) is 0 Å². The lowest BCUT2D eigenvalue weighted by molar-refractivity contribution is -0.0129. The van der Waals surface area contributed by atoms with Gasteiger partial charge < -0.3 is 15.2 Å². The first-order valence-corrected chi connectivity index (χ1v) is 6.56. The zero-order valence-electron chi connectivity index (χ0n) is 11.4. The van der Waals surface area contributed by atoms with Crippen molar-refractivity contribution in [3.05, 3.63) is 0 Å². The molecule has 2 N–H and O–H groups in total. The quantitative estimate of drug-likeness (QED) is 0.588. The van der Waals surface area contributed by atoms with Crippen LogP contribution in [0.4, 0.5) is 0 Å². The summed E-state index contributed by atoms with van der Waals surface area (Å²) >= 11 is 0. The number of hydrogen-bond donors (Lipinski definition) is 1. The molecule has 0 saturated heterocycles. The van der Waals surface area contributed by atoms with Gasteiger partial charge in [-0.25, -0.2) is 0 Å². The lowest BCUT2D eigenvalue weighted by Crippen LogP contribution is -2.37. The van der Waals surface area contributed by atoms with E-state index in [2.05, 4.69) is 27.7 Å². The van der Waals surface area contributed by atoms with Crippen LogP contribution in [0, 0.1) is 5.92 Å². The van der Waals surface area contributed by atoms with Gasteiger partial charge in [0.15, 0.2) is 0 Å². The zero-order chi connectivity index (χ0) is 12.4. The highest BCUT2D eigenvalue weighted by Gasteiger charge is 2.15. The Morgan fingerprint density at radius 2 is 1.81 bits per heavy atom. The molecule has 16 heavy (non-hydrogen) atoms. The average molecular weight is 231 g/mol. The number of hydrogen-bond acceptors (Lipinski definition) is 3. The fraction of sp³-hybridized carbons (Fsp3) is 1.00. The van der Waals surface area contributed by atoms with E-state index in [0.717, 1.165) is 25.9 Å². The third-order valence-corrected chi connectivity index (χ3v) is 2.51. The van der Waals surface area contributed by atoms with Gasteiger partial charge in [0.1, 0.15) is 0 Å². The van der Waals surface area contributed by atoms with Gasteiger partial charge in [0.2, 0.25) is 0 Å². The summed E-state index contributed by atoms with van der Waals surface area (Å²) in [7, 11) is 0. The standard InChI is InChI=1S/C13H29NO2/c1-5-7-12(14)13(6-2)16-9-8-15-10-11(3)4/h11-13H,5-10,14H2,1-4H3. The molecule has 0 bridgehead atoms. The van der Waals surface area contributed by atoms with Crippen LogP contribution in [0.5, 0.6) is 0 Å². The number of nitrogens with two attached hydrogens (primary N) is 1. The van der Waals surface area contributed by atoms with Crippen LogP contribution in [0.2, 0.25) is 0 Å². The summed E-state index contributed by atoms with van der Waals surface area (Å²) in [5, 5.41) is 0. The molecule has 98 valence electrons. The summed E-state index contributed by atoms with van der Waals surface area (Å²) in [6.07, 6.45) is 3.31. The van der Waals surface area contributed by atoms with Crippen molar-refractivity contribution in [1.29, 1.82) is 0 Å². The Bertz CT molecular complexity index is 151. The topological polar surface area (TPSA) is 44.5 Å². The van der Waals surface area contributed by atoms with Crippen molar-refractivity contribution in [1.82, 2.24) is 0 Å². The molecule has 0 aliphatic heterocycles. The normalized spacial score (nSPS) is 15.4. The van der Waals surface area contributed by atoms with Crippen LogP contribution >= 0.6 is 0 Å². The van der Waals surface area contributed by atoms with Gasteiger partial charge in [-0.15, -0.1) is 0 Å². The Morgan fingerprint density at radius 3 is 2.31 bits per heavy atom. The molecule has 0 aromatic carbocycles. The lowest BCUT2D eigenvalue weighted by atomic mass is 10.1. The molecular formula is C13H29NO2. The smallest absolute Gasteiger partial charge is 0.0724 e. The van der Waals surface area contributed by atoms with E-state index >= 15 is 0 Å². The maximum Gasteiger partial charge on any atom is 0.0724 e. The molecule has 0 rings (SSSR count). The Morgan fingerprint density at radius 1 is 1.12 bits per heavy atom. The van der Waals surface area contributed by atoms with Gasteiger partial charge >= 0.3 is 0 Å². The maximum absolute atomic E-state index is 6.04. The summed E-state index contributed by atoms with van der Waals surface area (Å²) in [5.41, 5.74) is 6.04. The van der Waals surface area contributed by atoms with Gasteiger partial charge in [-0.2, -0.15) is 0 Å². The van der Waals surface area contributed by atoms with Gasteiger partial charge in [-0.1, -0.05) is 34.1 Å². The monoisotopic (exact) mass is 231 g/mol. The Hall–Kier alpha value is -0.120. The van der Waals surface area contributed by atoms with Crippen LogP contribution in [0.25, 0.3) is 0 Å². The molecule has 0 heterocycles. The molecule has 0 aliphatic rings. The zero-order valence-corrected chi connectivity index (χ0v) is 11.4. The Labute approximate surface area is 101 Å². The number of ether oxygens (including phenoxy) is 2. The minimum absolute atomic E-state index is 0.167. The fourth-order valence-electron chi connectivity index (χ4n) is 1.64. The molecule has 3 nitrogen and oxygen atoms in total. The SMILES string of the molecule is CCCC(N)C(CC)OCCOCC(C)C. The molecule has 0 aromatic rings. The minimum atomic E-state index is 0.167. The van der Waals surface area contributed by atoms with Crippen molar-refractivity contribution in [3.63, 3.8) is 0 Å². The Balaban J connectivity index is 3.54. The number of rotatable bonds is 10. The average Bonchev–Trinajstić information content (AvgIpc) is 2.23. The largest absolute Gasteiger partial charge is 0.379 e. The van der Waals surface area contributed by atoms with Gasteiger partial charge in [0.05, 0.1) is 19.3 Å². The van der Waals surface area contributed by atoms with E-state index in [9.17, 15) is 0 Å². The summed E-state index contributed by atoms with van der Waals surface area (Å²) in [6.45, 7) is 10.7. The minimum Gasteiger partial charge on any atom is -0.379 e. The van der Waals surface area contributed by atoms with E-state index in [4.69, 9.17) is 15.2 Å². The van der Waals surface area contributed by atoms with Crippen LogP contribution in [-0.2, 0) is 9.47 Å². The predicted molar refractivity (Wildman–Crippen MR) is 68.6 cm³/mol. The van der Waals surface area contributed by atoms with Crippen molar-refractivity contribution in [2.75, 3.05) is 19.8 Å². The van der Waals surface area contributed by atoms with Crippen molar-refractivity contribution in [2.24, 2.45) is 11.7 Å². The molecule has 0 spiro atoms. The van der Waals surface area contributed by atoms with Crippen LogP contribution in [0.15, 0.2) is 0 Å². The molecule has 0 saturated carbocycles. The lowest BCUT2D eigenvalue weighted by Gasteiger charge is -2.22. The van der Waals surface area contributed by atoms with Gasteiger partial charge in [0.25, 0.3) is 0 Å². The van der Waals surface area contributed by atoms with E-state index in [0.29, 0.717) is 19.1 Å². The summed E-state index contributed by atoms with van der Waals surface area (Å²) < 4.78 is 11.2. The highest BCUT2D eigenvalue weighted by atomic mass is 16.5. The highest BCUT2D eigenvalue weighted by molar-refractivity contribution is 4.71. The molecule has 2 unspecified atom stereocenters. The summed E-state index contributed by atoms with van der Waals surface area (Å²) in [5.74, 6) is 0.587. The maximum atomic E-state index is 6.04. The molecule has 0 fully saturated rings. The van der Waals surface area contributed by atoms with Crippen molar-refractivity contribution in [3.8, 4) is 0 Å². The van der Waals surface area contributed by atoms with E-state index in [1.54, 1.807) is 0 Å². The molecule has 0 amide bonds. The van der Waals surface area contributed by atoms with Crippen LogP contribution in [0.3, 0.4) is 0 Å². The first-order chi connectivity index (χ1) is 7.61. The molecule has 0 radical (unpaired) electrons. The second-order valence-corrected chi connectivity index (χ2v) is 4.74. The van der Waals surface area contributed by atoms with E-state index in [-0.39, 0.29) is 12.1 Å². The third kappa shape index (κ3) is 8.08. The molecule has 0 aromatic heterocycles. The van der Waals surface area contributed by atoms with E-state index < -0.39 is 0 Å². The molecule has 0 aliphatic carbocycles. The van der Waals surface area contributed by atoms with Gasteiger partial charge in [0, 0.05) is 12.6 Å². The Kier molecular flexibility index (Phi) is 9.99. The molecule has 2 atom stereocenters. The second-order valence-electron chi connectivity index (χ2n) is 4.74. The van der Waals surface area contributed by atoms with Crippen molar-refractivity contribution < 1.29 is 9.47 Å². The van der Waals surface area contributed by atoms with Crippen molar-refractivity contribution >= 4 is 0 Å². The summed E-state index contributed by atoms with van der Waals surface area (Å²) in [4.78, 5) is 0. The van der Waals surface area contributed by atoms with Gasteiger partial charge in [-0.05, 0) is 18.8 Å².